The summed E-state index contributed by atoms with van der Waals surface area (Å²) in [6.07, 6.45) is -0.539. The lowest BCUT2D eigenvalue weighted by Gasteiger charge is -2.27. The normalized spacial score (nSPS) is 15.4. The van der Waals surface area contributed by atoms with Gasteiger partial charge < -0.3 is 10.0 Å². The van der Waals surface area contributed by atoms with Crippen molar-refractivity contribution < 1.29 is 9.90 Å². The molecule has 0 heterocycles. The molecule has 3 nitrogen and oxygen atoms in total. The van der Waals surface area contributed by atoms with Gasteiger partial charge >= 0.3 is 0 Å². The Labute approximate surface area is 87.1 Å². The quantitative estimate of drug-likeness (QED) is 0.732. The van der Waals surface area contributed by atoms with Crippen LogP contribution in [-0.4, -0.2) is 35.1 Å². The Morgan fingerprint density at radius 1 is 1.21 bits per heavy atom. The second kappa shape index (κ2) is 6.02. The van der Waals surface area contributed by atoms with Crippen LogP contribution < -0.4 is 0 Å². The molecule has 0 aliphatic heterocycles. The van der Waals surface area contributed by atoms with Crippen molar-refractivity contribution in [3.05, 3.63) is 0 Å². The number of nitrogens with zero attached hydrogens (tertiary/aromatic N) is 1. The van der Waals surface area contributed by atoms with E-state index in [9.17, 15) is 9.90 Å². The zero-order valence-corrected chi connectivity index (χ0v) is 9.95. The van der Waals surface area contributed by atoms with Gasteiger partial charge in [0, 0.05) is 13.1 Å². The standard InChI is InChI=1S/C11H23NO2/c1-6-12(7-2)11(14)9(5)10(13)8(3)4/h8-10,13H,6-7H2,1-5H3/t9-,10-/m0/s1. The topological polar surface area (TPSA) is 40.5 Å². The lowest BCUT2D eigenvalue weighted by molar-refractivity contribution is -0.139. The maximum atomic E-state index is 11.8. The summed E-state index contributed by atoms with van der Waals surface area (Å²) in [6.45, 7) is 11.0. The fourth-order valence-electron chi connectivity index (χ4n) is 1.55. The molecule has 0 unspecified atom stereocenters. The molecule has 0 aromatic carbocycles. The van der Waals surface area contributed by atoms with Gasteiger partial charge in [0.05, 0.1) is 12.0 Å². The number of carbonyl (C=O) groups is 1. The number of rotatable bonds is 5. The van der Waals surface area contributed by atoms with Gasteiger partial charge in [0.25, 0.3) is 0 Å². The van der Waals surface area contributed by atoms with Crippen molar-refractivity contribution in [1.29, 1.82) is 0 Å². The highest BCUT2D eigenvalue weighted by Crippen LogP contribution is 2.14. The van der Waals surface area contributed by atoms with Gasteiger partial charge in [-0.3, -0.25) is 4.79 Å². The molecule has 1 N–H and O–H groups in total. The molecule has 14 heavy (non-hydrogen) atoms. The Kier molecular flexibility index (Phi) is 5.77. The van der Waals surface area contributed by atoms with E-state index in [4.69, 9.17) is 0 Å². The van der Waals surface area contributed by atoms with Crippen LogP contribution in [0.5, 0.6) is 0 Å². The summed E-state index contributed by atoms with van der Waals surface area (Å²) in [5.74, 6) is -0.115. The van der Waals surface area contributed by atoms with Crippen LogP contribution in [0.2, 0.25) is 0 Å². The van der Waals surface area contributed by atoms with Gasteiger partial charge in [-0.05, 0) is 19.8 Å². The summed E-state index contributed by atoms with van der Waals surface area (Å²) in [5.41, 5.74) is 0. The number of amides is 1. The van der Waals surface area contributed by atoms with Crippen LogP contribution >= 0.6 is 0 Å². The third-order valence-electron chi connectivity index (χ3n) is 2.66. The van der Waals surface area contributed by atoms with Crippen LogP contribution in [0.3, 0.4) is 0 Å². The molecule has 0 fully saturated rings. The second-order valence-electron chi connectivity index (χ2n) is 4.03. The summed E-state index contributed by atoms with van der Waals surface area (Å²) in [4.78, 5) is 13.6. The lowest BCUT2D eigenvalue weighted by Crippen LogP contribution is -2.41. The Hall–Kier alpha value is -0.570. The molecule has 0 aromatic rings. The van der Waals surface area contributed by atoms with E-state index in [2.05, 4.69) is 0 Å². The van der Waals surface area contributed by atoms with Gasteiger partial charge in [0.1, 0.15) is 0 Å². The first-order chi connectivity index (χ1) is 6.45. The number of hydrogen-bond donors (Lipinski definition) is 1. The first kappa shape index (κ1) is 13.4. The van der Waals surface area contributed by atoms with Crippen molar-refractivity contribution in [3.63, 3.8) is 0 Å². The van der Waals surface area contributed by atoms with E-state index in [-0.39, 0.29) is 17.7 Å². The molecule has 0 aromatic heterocycles. The number of hydrogen-bond acceptors (Lipinski definition) is 2. The number of aliphatic hydroxyl groups excluding tert-OH is 1. The Bertz CT molecular complexity index is 176. The van der Waals surface area contributed by atoms with E-state index >= 15 is 0 Å². The third kappa shape index (κ3) is 3.29. The summed E-state index contributed by atoms with van der Waals surface area (Å²) >= 11 is 0. The van der Waals surface area contributed by atoms with Crippen molar-refractivity contribution in [1.82, 2.24) is 4.90 Å². The van der Waals surface area contributed by atoms with Crippen LogP contribution in [0.15, 0.2) is 0 Å². The van der Waals surface area contributed by atoms with Gasteiger partial charge in [0.15, 0.2) is 0 Å². The van der Waals surface area contributed by atoms with E-state index in [0.29, 0.717) is 13.1 Å². The van der Waals surface area contributed by atoms with Crippen LogP contribution in [0.25, 0.3) is 0 Å². The van der Waals surface area contributed by atoms with Crippen molar-refractivity contribution in [2.24, 2.45) is 11.8 Å². The van der Waals surface area contributed by atoms with E-state index in [0.717, 1.165) is 0 Å². The fourth-order valence-corrected chi connectivity index (χ4v) is 1.55. The summed E-state index contributed by atoms with van der Waals surface area (Å²) in [6, 6.07) is 0. The molecule has 3 heteroatoms. The predicted octanol–water partition coefficient (Wildman–Crippen LogP) is 1.51. The Morgan fingerprint density at radius 2 is 1.64 bits per heavy atom. The monoisotopic (exact) mass is 201 g/mol. The maximum absolute atomic E-state index is 11.8. The van der Waals surface area contributed by atoms with E-state index < -0.39 is 6.10 Å². The summed E-state index contributed by atoms with van der Waals surface area (Å²) in [5, 5.41) is 9.76. The van der Waals surface area contributed by atoms with Gasteiger partial charge in [-0.2, -0.15) is 0 Å². The molecule has 0 rings (SSSR count). The van der Waals surface area contributed by atoms with Gasteiger partial charge in [-0.15, -0.1) is 0 Å². The molecule has 0 saturated carbocycles. The van der Waals surface area contributed by atoms with E-state index in [1.54, 1.807) is 11.8 Å². The average Bonchev–Trinajstić information content (AvgIpc) is 2.17. The molecule has 1 amide bonds. The summed E-state index contributed by atoms with van der Waals surface area (Å²) in [7, 11) is 0. The second-order valence-corrected chi connectivity index (χ2v) is 4.03. The third-order valence-corrected chi connectivity index (χ3v) is 2.66. The van der Waals surface area contributed by atoms with Crippen LogP contribution in [0.1, 0.15) is 34.6 Å². The van der Waals surface area contributed by atoms with Crippen molar-refractivity contribution in [3.8, 4) is 0 Å². The summed E-state index contributed by atoms with van der Waals surface area (Å²) < 4.78 is 0. The highest BCUT2D eigenvalue weighted by molar-refractivity contribution is 5.79. The van der Waals surface area contributed by atoms with Crippen LogP contribution in [0, 0.1) is 11.8 Å². The Morgan fingerprint density at radius 3 is 1.93 bits per heavy atom. The minimum absolute atomic E-state index is 0.0520. The van der Waals surface area contributed by atoms with Gasteiger partial charge in [-0.1, -0.05) is 20.8 Å². The molecule has 0 aliphatic carbocycles. The number of carbonyl (C=O) groups excluding carboxylic acids is 1. The Balaban J connectivity index is 4.36. The van der Waals surface area contributed by atoms with Crippen molar-refractivity contribution in [2.45, 2.75) is 40.7 Å². The van der Waals surface area contributed by atoms with E-state index in [1.165, 1.54) is 0 Å². The molecule has 0 aliphatic rings. The first-order valence-corrected chi connectivity index (χ1v) is 5.42. The molecule has 0 radical (unpaired) electrons. The van der Waals surface area contributed by atoms with Crippen molar-refractivity contribution >= 4 is 5.91 Å². The van der Waals surface area contributed by atoms with Crippen LogP contribution in [-0.2, 0) is 4.79 Å². The zero-order chi connectivity index (χ0) is 11.3. The first-order valence-electron chi connectivity index (χ1n) is 5.42. The highest BCUT2D eigenvalue weighted by Gasteiger charge is 2.26. The zero-order valence-electron chi connectivity index (χ0n) is 9.95. The smallest absolute Gasteiger partial charge is 0.228 e. The predicted molar refractivity (Wildman–Crippen MR) is 57.9 cm³/mol. The molecule has 84 valence electrons. The average molecular weight is 201 g/mol. The van der Waals surface area contributed by atoms with Gasteiger partial charge in [0.2, 0.25) is 5.91 Å². The highest BCUT2D eigenvalue weighted by atomic mass is 16.3. The van der Waals surface area contributed by atoms with Crippen LogP contribution in [0.4, 0.5) is 0 Å². The molecule has 0 bridgehead atoms. The minimum atomic E-state index is -0.539. The van der Waals surface area contributed by atoms with E-state index in [1.807, 2.05) is 27.7 Å². The molecule has 0 saturated heterocycles. The molecular formula is C11H23NO2. The molecule has 2 atom stereocenters. The fraction of sp³-hybridized carbons (Fsp3) is 0.909. The minimum Gasteiger partial charge on any atom is -0.392 e. The lowest BCUT2D eigenvalue weighted by atomic mass is 9.94. The van der Waals surface area contributed by atoms with Crippen molar-refractivity contribution in [2.75, 3.05) is 13.1 Å². The SMILES string of the molecule is CCN(CC)C(=O)[C@@H](C)[C@@H](O)C(C)C. The number of aliphatic hydroxyl groups is 1. The largest absolute Gasteiger partial charge is 0.392 e. The molecular weight excluding hydrogens is 178 g/mol. The van der Waals surface area contributed by atoms with Gasteiger partial charge in [-0.25, -0.2) is 0 Å². The maximum Gasteiger partial charge on any atom is 0.228 e. The molecule has 0 spiro atoms.